The van der Waals surface area contributed by atoms with Crippen LogP contribution < -0.4 is 5.32 Å². The quantitative estimate of drug-likeness (QED) is 0.515. The largest absolute Gasteiger partial charge is 0.395 e. The van der Waals surface area contributed by atoms with Crippen LogP contribution in [-0.2, 0) is 4.74 Å². The fourth-order valence-corrected chi connectivity index (χ4v) is 1.56. The van der Waals surface area contributed by atoms with Gasteiger partial charge in [0.2, 0.25) is 0 Å². The minimum absolute atomic E-state index is 0.182. The van der Waals surface area contributed by atoms with E-state index in [0.29, 0.717) is 0 Å². The molecule has 1 atom stereocenters. The smallest absolute Gasteiger partial charge is 0.0597 e. The van der Waals surface area contributed by atoms with Gasteiger partial charge in [0.15, 0.2) is 0 Å². The van der Waals surface area contributed by atoms with Crippen LogP contribution in [-0.4, -0.2) is 62.0 Å². The van der Waals surface area contributed by atoms with Crippen LogP contribution in [0, 0.1) is 0 Å². The predicted octanol–water partition coefficient (Wildman–Crippen LogP) is 0.705. The number of rotatable bonds is 11. The molecule has 2 N–H and O–H groups in total. The van der Waals surface area contributed by atoms with Gasteiger partial charge in [-0.2, -0.15) is 0 Å². The van der Waals surface area contributed by atoms with Gasteiger partial charge in [-0.15, -0.1) is 0 Å². The Labute approximate surface area is 100.0 Å². The van der Waals surface area contributed by atoms with Crippen LogP contribution in [0.25, 0.3) is 0 Å². The highest BCUT2D eigenvalue weighted by molar-refractivity contribution is 4.70. The predicted molar refractivity (Wildman–Crippen MR) is 67.8 cm³/mol. The van der Waals surface area contributed by atoms with Crippen molar-refractivity contribution in [3.8, 4) is 0 Å². The molecule has 4 heteroatoms. The molecule has 0 aromatic rings. The standard InChI is InChI=1S/C12H28N2O2/c1-4-7-13-12(11-15)10-14(5-2)8-9-16-6-3/h12-13,15H,4-11H2,1-3H3. The molecule has 0 aliphatic carbocycles. The van der Waals surface area contributed by atoms with Gasteiger partial charge in [0.05, 0.1) is 13.2 Å². The number of nitrogens with one attached hydrogen (secondary N) is 1. The Bertz CT molecular complexity index is 145. The zero-order valence-corrected chi connectivity index (χ0v) is 11.0. The Hall–Kier alpha value is -0.160. The van der Waals surface area contributed by atoms with Crippen LogP contribution in [0.2, 0.25) is 0 Å². The first-order valence-electron chi connectivity index (χ1n) is 6.42. The van der Waals surface area contributed by atoms with Crippen molar-refractivity contribution in [3.63, 3.8) is 0 Å². The molecule has 0 amide bonds. The number of aliphatic hydroxyl groups is 1. The van der Waals surface area contributed by atoms with Crippen LogP contribution in [0.15, 0.2) is 0 Å². The van der Waals surface area contributed by atoms with Gasteiger partial charge in [-0.05, 0) is 26.4 Å². The molecule has 0 aromatic carbocycles. The second kappa shape index (κ2) is 11.3. The highest BCUT2D eigenvalue weighted by atomic mass is 16.5. The molecule has 0 bridgehead atoms. The highest BCUT2D eigenvalue weighted by Gasteiger charge is 2.11. The third kappa shape index (κ3) is 8.05. The van der Waals surface area contributed by atoms with Gasteiger partial charge in [-0.1, -0.05) is 13.8 Å². The van der Waals surface area contributed by atoms with Crippen molar-refractivity contribution in [3.05, 3.63) is 0 Å². The summed E-state index contributed by atoms with van der Waals surface area (Å²) in [6.45, 7) is 11.8. The number of likely N-dealkylation sites (N-methyl/N-ethyl adjacent to an activating group) is 1. The molecule has 0 rings (SSSR count). The van der Waals surface area contributed by atoms with Crippen molar-refractivity contribution in [2.24, 2.45) is 0 Å². The molecule has 4 nitrogen and oxygen atoms in total. The molecule has 0 heterocycles. The second-order valence-electron chi connectivity index (χ2n) is 3.92. The highest BCUT2D eigenvalue weighted by Crippen LogP contribution is 1.93. The maximum absolute atomic E-state index is 9.25. The third-order valence-electron chi connectivity index (χ3n) is 2.59. The van der Waals surface area contributed by atoms with Crippen LogP contribution in [0.5, 0.6) is 0 Å². The molecule has 0 spiro atoms. The van der Waals surface area contributed by atoms with E-state index in [9.17, 15) is 5.11 Å². The lowest BCUT2D eigenvalue weighted by molar-refractivity contribution is 0.105. The Morgan fingerprint density at radius 3 is 2.56 bits per heavy atom. The topological polar surface area (TPSA) is 44.7 Å². The van der Waals surface area contributed by atoms with Gasteiger partial charge in [0, 0.05) is 25.7 Å². The van der Waals surface area contributed by atoms with Gasteiger partial charge < -0.3 is 15.2 Å². The van der Waals surface area contributed by atoms with Crippen LogP contribution >= 0.6 is 0 Å². The van der Waals surface area contributed by atoms with E-state index in [4.69, 9.17) is 4.74 Å². The molecular formula is C12H28N2O2. The van der Waals surface area contributed by atoms with E-state index in [2.05, 4.69) is 24.1 Å². The summed E-state index contributed by atoms with van der Waals surface area (Å²) >= 11 is 0. The number of nitrogens with zero attached hydrogens (tertiary/aromatic N) is 1. The van der Waals surface area contributed by atoms with Crippen molar-refractivity contribution in [2.45, 2.75) is 33.2 Å². The monoisotopic (exact) mass is 232 g/mol. The van der Waals surface area contributed by atoms with Gasteiger partial charge in [-0.25, -0.2) is 0 Å². The average Bonchev–Trinajstić information content (AvgIpc) is 2.32. The molecule has 98 valence electrons. The molecule has 0 saturated carbocycles. The van der Waals surface area contributed by atoms with Crippen LogP contribution in [0.4, 0.5) is 0 Å². The third-order valence-corrected chi connectivity index (χ3v) is 2.59. The zero-order valence-electron chi connectivity index (χ0n) is 11.0. The summed E-state index contributed by atoms with van der Waals surface area (Å²) in [5, 5.41) is 12.6. The Balaban J connectivity index is 3.77. The summed E-state index contributed by atoms with van der Waals surface area (Å²) in [4.78, 5) is 2.30. The molecule has 0 saturated heterocycles. The molecule has 0 radical (unpaired) electrons. The van der Waals surface area contributed by atoms with E-state index in [1.807, 2.05) is 6.92 Å². The first-order valence-corrected chi connectivity index (χ1v) is 6.42. The van der Waals surface area contributed by atoms with Crippen molar-refractivity contribution < 1.29 is 9.84 Å². The summed E-state index contributed by atoms with van der Waals surface area (Å²) in [5.41, 5.74) is 0. The van der Waals surface area contributed by atoms with E-state index >= 15 is 0 Å². The Kier molecular flexibility index (Phi) is 11.2. The van der Waals surface area contributed by atoms with Crippen LogP contribution in [0.1, 0.15) is 27.2 Å². The summed E-state index contributed by atoms with van der Waals surface area (Å²) < 4.78 is 5.34. The Morgan fingerprint density at radius 2 is 2.06 bits per heavy atom. The van der Waals surface area contributed by atoms with Crippen molar-refractivity contribution in [1.82, 2.24) is 10.2 Å². The van der Waals surface area contributed by atoms with Crippen molar-refractivity contribution in [1.29, 1.82) is 0 Å². The molecule has 0 aliphatic rings. The van der Waals surface area contributed by atoms with Gasteiger partial charge in [-0.3, -0.25) is 4.90 Å². The lowest BCUT2D eigenvalue weighted by Gasteiger charge is -2.25. The molecule has 0 aliphatic heterocycles. The lowest BCUT2D eigenvalue weighted by Crippen LogP contribution is -2.44. The number of aliphatic hydroxyl groups excluding tert-OH is 1. The molecule has 1 unspecified atom stereocenters. The van der Waals surface area contributed by atoms with Gasteiger partial charge in [0.1, 0.15) is 0 Å². The maximum Gasteiger partial charge on any atom is 0.0597 e. The molecule has 16 heavy (non-hydrogen) atoms. The van der Waals surface area contributed by atoms with Gasteiger partial charge >= 0.3 is 0 Å². The van der Waals surface area contributed by atoms with Crippen molar-refractivity contribution >= 4 is 0 Å². The fourth-order valence-electron chi connectivity index (χ4n) is 1.56. The molecular weight excluding hydrogens is 204 g/mol. The first-order chi connectivity index (χ1) is 7.78. The van der Waals surface area contributed by atoms with Crippen LogP contribution in [0.3, 0.4) is 0 Å². The summed E-state index contributed by atoms with van der Waals surface area (Å²) in [5.74, 6) is 0. The lowest BCUT2D eigenvalue weighted by atomic mass is 10.2. The minimum atomic E-state index is 0.182. The zero-order chi connectivity index (χ0) is 12.2. The number of ether oxygens (including phenoxy) is 1. The van der Waals surface area contributed by atoms with E-state index < -0.39 is 0 Å². The van der Waals surface area contributed by atoms with E-state index in [1.54, 1.807) is 0 Å². The van der Waals surface area contributed by atoms with Crippen molar-refractivity contribution in [2.75, 3.05) is 46.0 Å². The number of hydrogen-bond acceptors (Lipinski definition) is 4. The average molecular weight is 232 g/mol. The first kappa shape index (κ1) is 15.8. The normalized spacial score (nSPS) is 13.3. The van der Waals surface area contributed by atoms with E-state index in [0.717, 1.165) is 45.8 Å². The molecule has 0 aromatic heterocycles. The second-order valence-corrected chi connectivity index (χ2v) is 3.92. The maximum atomic E-state index is 9.25. The van der Waals surface area contributed by atoms with E-state index in [1.165, 1.54) is 0 Å². The fraction of sp³-hybridized carbons (Fsp3) is 1.00. The SMILES string of the molecule is CCCNC(CO)CN(CC)CCOCC. The summed E-state index contributed by atoms with van der Waals surface area (Å²) in [6, 6.07) is 0.182. The summed E-state index contributed by atoms with van der Waals surface area (Å²) in [6.07, 6.45) is 1.10. The number of hydrogen-bond donors (Lipinski definition) is 2. The van der Waals surface area contributed by atoms with E-state index in [-0.39, 0.29) is 12.6 Å². The summed E-state index contributed by atoms with van der Waals surface area (Å²) in [7, 11) is 0. The minimum Gasteiger partial charge on any atom is -0.395 e. The molecule has 0 fully saturated rings. The van der Waals surface area contributed by atoms with Gasteiger partial charge in [0.25, 0.3) is 0 Å². The Morgan fingerprint density at radius 1 is 1.31 bits per heavy atom.